The van der Waals surface area contributed by atoms with Gasteiger partial charge in [0.15, 0.2) is 0 Å². The standard InChI is InChI=1S/C10H14ClN3O2S.C9H10ClN2O6PS/c1-14(2)6-10-12-8-4-3-7(11)5-9(8)17(15,16)13-10;1-6-11-20(16,17)9-4-7(10)2-3-8(9)12(6)5-18-19(13,14)15/h3-5,10,12-13H,6H2,1-2H3;2-4H,5H2,1H3,(H2,13,14,15)/p-2. The lowest BCUT2D eigenvalue weighted by Gasteiger charge is -2.34. The molecule has 204 valence electrons. The molecule has 2 aromatic rings. The van der Waals surface area contributed by atoms with Gasteiger partial charge in [-0.15, -0.1) is 4.40 Å². The third kappa shape index (κ3) is 7.63. The molecule has 0 aromatic heterocycles. The predicted octanol–water partition coefficient (Wildman–Crippen LogP) is 1.00. The van der Waals surface area contributed by atoms with Crippen molar-refractivity contribution in [3.05, 3.63) is 46.4 Å². The van der Waals surface area contributed by atoms with E-state index in [9.17, 15) is 31.2 Å². The Labute approximate surface area is 224 Å². The van der Waals surface area contributed by atoms with Crippen LogP contribution in [0.1, 0.15) is 6.92 Å². The highest BCUT2D eigenvalue weighted by molar-refractivity contribution is 7.90. The fourth-order valence-corrected chi connectivity index (χ4v) is 6.74. The minimum atomic E-state index is -5.18. The number of hydrogen-bond acceptors (Lipinski definition) is 11. The average molecular weight is 614 g/mol. The van der Waals surface area contributed by atoms with E-state index in [1.807, 2.05) is 19.0 Å². The summed E-state index contributed by atoms with van der Waals surface area (Å²) in [7, 11) is -8.82. The Hall–Kier alpha value is -1.78. The van der Waals surface area contributed by atoms with Crippen LogP contribution in [0.5, 0.6) is 0 Å². The van der Waals surface area contributed by atoms with E-state index in [-0.39, 0.29) is 32.5 Å². The number of anilines is 2. The second kappa shape index (κ2) is 11.1. The van der Waals surface area contributed by atoms with E-state index in [4.69, 9.17) is 23.2 Å². The first kappa shape index (κ1) is 29.8. The molecule has 0 amide bonds. The maximum atomic E-state index is 12.0. The maximum absolute atomic E-state index is 12.0. The summed E-state index contributed by atoms with van der Waals surface area (Å²) >= 11 is 11.5. The number of fused-ring (bicyclic) bond motifs is 2. The van der Waals surface area contributed by atoms with E-state index < -0.39 is 34.6 Å². The van der Waals surface area contributed by atoms with Crippen LogP contribution in [-0.4, -0.2) is 61.1 Å². The number of rotatable bonds is 5. The van der Waals surface area contributed by atoms with Gasteiger partial charge < -0.3 is 34.0 Å². The van der Waals surface area contributed by atoms with Crippen LogP contribution >= 0.6 is 31.0 Å². The summed E-state index contributed by atoms with van der Waals surface area (Å²) in [5, 5.41) is 3.71. The number of nitrogens with zero attached hydrogens (tertiary/aromatic N) is 3. The number of likely N-dealkylation sites (N-methyl/N-ethyl adjacent to an activating group) is 1. The molecule has 0 saturated carbocycles. The molecule has 2 aliphatic rings. The van der Waals surface area contributed by atoms with Crippen LogP contribution in [0.25, 0.3) is 0 Å². The Kier molecular flexibility index (Phi) is 8.96. The molecule has 0 spiro atoms. The van der Waals surface area contributed by atoms with Gasteiger partial charge in [0.2, 0.25) is 10.0 Å². The van der Waals surface area contributed by atoms with Crippen LogP contribution in [0, 0.1) is 0 Å². The molecule has 2 aromatic carbocycles. The van der Waals surface area contributed by atoms with Gasteiger partial charge in [-0.3, -0.25) is 0 Å². The van der Waals surface area contributed by atoms with Crippen molar-refractivity contribution in [2.75, 3.05) is 37.6 Å². The lowest BCUT2D eigenvalue weighted by molar-refractivity contribution is -0.341. The molecule has 0 fully saturated rings. The van der Waals surface area contributed by atoms with Crippen LogP contribution in [0.4, 0.5) is 11.4 Å². The molecule has 13 nitrogen and oxygen atoms in total. The summed E-state index contributed by atoms with van der Waals surface area (Å²) in [5.74, 6) is -0.0201. The number of phosphoric ester groups is 1. The molecule has 2 heterocycles. The highest BCUT2D eigenvalue weighted by Gasteiger charge is 2.30. The molecular formula is C19H22Cl2N5O8PS2-2. The molecule has 0 bridgehead atoms. The molecule has 0 aliphatic carbocycles. The molecule has 2 aliphatic heterocycles. The Morgan fingerprint density at radius 2 is 1.68 bits per heavy atom. The summed E-state index contributed by atoms with van der Waals surface area (Å²) < 4.78 is 68.5. The zero-order valence-electron chi connectivity index (χ0n) is 19.6. The van der Waals surface area contributed by atoms with Crippen molar-refractivity contribution >= 4 is 68.3 Å². The lowest BCUT2D eigenvalue weighted by atomic mass is 10.3. The number of benzene rings is 2. The van der Waals surface area contributed by atoms with Crippen molar-refractivity contribution in [1.82, 2.24) is 9.62 Å². The Bertz CT molecular complexity index is 1480. The number of phosphoric acid groups is 1. The number of sulfonamides is 2. The molecule has 1 atom stereocenters. The normalized spacial score (nSPS) is 19.6. The van der Waals surface area contributed by atoms with Crippen molar-refractivity contribution in [3.63, 3.8) is 0 Å². The van der Waals surface area contributed by atoms with Crippen molar-refractivity contribution < 1.29 is 35.7 Å². The molecule has 18 heteroatoms. The quantitative estimate of drug-likeness (QED) is 0.458. The highest BCUT2D eigenvalue weighted by atomic mass is 35.5. The summed E-state index contributed by atoms with van der Waals surface area (Å²) in [6, 6.07) is 8.77. The number of hydrogen-bond donors (Lipinski definition) is 2. The third-order valence-electron chi connectivity index (χ3n) is 4.89. The van der Waals surface area contributed by atoms with E-state index in [1.54, 1.807) is 12.1 Å². The first-order valence-corrected chi connectivity index (χ1v) is 15.4. The van der Waals surface area contributed by atoms with Crippen LogP contribution < -0.4 is 24.7 Å². The van der Waals surface area contributed by atoms with Gasteiger partial charge in [0, 0.05) is 16.6 Å². The minimum absolute atomic E-state index is 0.0201. The zero-order chi connectivity index (χ0) is 27.8. The van der Waals surface area contributed by atoms with Gasteiger partial charge in [0.1, 0.15) is 28.5 Å². The monoisotopic (exact) mass is 613 g/mol. The highest BCUT2D eigenvalue weighted by Crippen LogP contribution is 2.35. The number of amidine groups is 1. The Morgan fingerprint density at radius 1 is 1.08 bits per heavy atom. The zero-order valence-corrected chi connectivity index (χ0v) is 23.6. The van der Waals surface area contributed by atoms with Gasteiger partial charge in [-0.2, -0.15) is 13.1 Å². The van der Waals surface area contributed by atoms with Crippen LogP contribution in [0.15, 0.2) is 50.6 Å². The molecule has 0 radical (unpaired) electrons. The van der Waals surface area contributed by atoms with E-state index in [0.717, 1.165) is 4.90 Å². The average Bonchev–Trinajstić information content (AvgIpc) is 2.73. The molecule has 37 heavy (non-hydrogen) atoms. The maximum Gasteiger partial charge on any atom is 0.286 e. The molecule has 2 N–H and O–H groups in total. The Morgan fingerprint density at radius 3 is 2.27 bits per heavy atom. The first-order valence-electron chi connectivity index (χ1n) is 10.3. The van der Waals surface area contributed by atoms with Gasteiger partial charge in [-0.25, -0.2) is 8.42 Å². The minimum Gasteiger partial charge on any atom is -0.790 e. The van der Waals surface area contributed by atoms with Gasteiger partial charge in [0.05, 0.1) is 19.2 Å². The number of nitrogens with one attached hydrogen (secondary N) is 2. The van der Waals surface area contributed by atoms with Crippen molar-refractivity contribution in [2.45, 2.75) is 22.9 Å². The molecule has 0 saturated heterocycles. The van der Waals surface area contributed by atoms with Gasteiger partial charge >= 0.3 is 0 Å². The summed E-state index contributed by atoms with van der Waals surface area (Å²) in [6.07, 6.45) is -0.330. The van der Waals surface area contributed by atoms with E-state index in [2.05, 4.69) is 19.0 Å². The van der Waals surface area contributed by atoms with Crippen molar-refractivity contribution in [2.24, 2.45) is 4.40 Å². The smallest absolute Gasteiger partial charge is 0.286 e. The van der Waals surface area contributed by atoms with Gasteiger partial charge in [0.25, 0.3) is 10.0 Å². The molecule has 1 unspecified atom stereocenters. The second-order valence-electron chi connectivity index (χ2n) is 8.08. The van der Waals surface area contributed by atoms with Gasteiger partial charge in [-0.05, 0) is 57.4 Å². The Balaban J connectivity index is 0.000000208. The fourth-order valence-electron chi connectivity index (χ4n) is 3.41. The van der Waals surface area contributed by atoms with E-state index in [1.165, 1.54) is 31.2 Å². The summed E-state index contributed by atoms with van der Waals surface area (Å²) in [4.78, 5) is 24.1. The second-order valence-corrected chi connectivity index (χ2v) is 13.4. The predicted molar refractivity (Wildman–Crippen MR) is 136 cm³/mol. The SMILES string of the molecule is CC1=NS(=O)(=O)c2cc(Cl)ccc2N1COP(=O)([O-])[O-].CN(C)CC1Nc2ccc(Cl)cc2S(=O)(=O)N1. The molecule has 4 rings (SSSR count). The van der Waals surface area contributed by atoms with Crippen molar-refractivity contribution in [3.8, 4) is 0 Å². The van der Waals surface area contributed by atoms with Crippen LogP contribution in [0.3, 0.4) is 0 Å². The van der Waals surface area contributed by atoms with E-state index >= 15 is 0 Å². The van der Waals surface area contributed by atoms with Crippen molar-refractivity contribution in [1.29, 1.82) is 0 Å². The first-order chi connectivity index (χ1) is 17.0. The summed E-state index contributed by atoms with van der Waals surface area (Å²) in [5.41, 5.74) is 0.718. The van der Waals surface area contributed by atoms with Gasteiger partial charge in [-0.1, -0.05) is 23.2 Å². The largest absolute Gasteiger partial charge is 0.790 e. The third-order valence-corrected chi connectivity index (χ3v) is 8.69. The number of halogens is 2. The fraction of sp³-hybridized carbons (Fsp3) is 0.316. The van der Waals surface area contributed by atoms with E-state index in [0.29, 0.717) is 17.3 Å². The lowest BCUT2D eigenvalue weighted by Crippen LogP contribution is -2.49. The van der Waals surface area contributed by atoms with Crippen LogP contribution in [0.2, 0.25) is 10.0 Å². The molecular weight excluding hydrogens is 592 g/mol. The summed E-state index contributed by atoms with van der Waals surface area (Å²) in [6.45, 7) is 1.25. The topological polar surface area (TPSA) is 184 Å². The van der Waals surface area contributed by atoms with Crippen LogP contribution in [-0.2, 0) is 29.1 Å².